The van der Waals surface area contributed by atoms with E-state index >= 15 is 0 Å². The molecule has 3 aliphatic rings. The number of hydrogen-bond acceptors (Lipinski definition) is 2. The minimum absolute atomic E-state index is 0.0402. The van der Waals surface area contributed by atoms with Crippen LogP contribution in [0.25, 0.3) is 0 Å². The van der Waals surface area contributed by atoms with E-state index in [9.17, 15) is 14.7 Å². The lowest BCUT2D eigenvalue weighted by atomic mass is 9.66. The first-order chi connectivity index (χ1) is 10.1. The molecule has 0 aromatic heterocycles. The first-order valence-corrected chi connectivity index (χ1v) is 8.25. The van der Waals surface area contributed by atoms with Crippen molar-refractivity contribution in [3.05, 3.63) is 12.2 Å². The molecule has 0 spiro atoms. The molecule has 116 valence electrons. The zero-order valence-corrected chi connectivity index (χ0v) is 12.7. The minimum Gasteiger partial charge on any atom is -0.481 e. The molecule has 0 heterocycles. The molecule has 4 atom stereocenters. The Morgan fingerprint density at radius 1 is 1.24 bits per heavy atom. The van der Waals surface area contributed by atoms with E-state index in [1.807, 2.05) is 12.2 Å². The van der Waals surface area contributed by atoms with Crippen LogP contribution in [0.5, 0.6) is 0 Å². The standard InChI is InChI=1S/C17H25NO3/c1-2-6-17(7-3-8-17)10-18-15(19)13-11-4-5-12(9-11)14(13)16(20)21/h4-5,11-14H,2-3,6-10H2,1H3,(H,18,19)(H,20,21). The number of carboxylic acid groups (broad SMARTS) is 1. The van der Waals surface area contributed by atoms with Crippen LogP contribution < -0.4 is 5.32 Å². The van der Waals surface area contributed by atoms with Gasteiger partial charge < -0.3 is 10.4 Å². The van der Waals surface area contributed by atoms with E-state index in [2.05, 4.69) is 12.2 Å². The normalized spacial score (nSPS) is 35.5. The molecule has 0 aliphatic heterocycles. The molecule has 1 amide bonds. The van der Waals surface area contributed by atoms with Crippen LogP contribution in [0.4, 0.5) is 0 Å². The molecule has 2 N–H and O–H groups in total. The van der Waals surface area contributed by atoms with Gasteiger partial charge in [0.05, 0.1) is 11.8 Å². The second-order valence-corrected chi connectivity index (χ2v) is 7.16. The lowest BCUT2D eigenvalue weighted by Crippen LogP contribution is -2.46. The fourth-order valence-corrected chi connectivity index (χ4v) is 4.63. The number of hydrogen-bond donors (Lipinski definition) is 2. The Morgan fingerprint density at radius 2 is 1.90 bits per heavy atom. The Morgan fingerprint density at radius 3 is 2.43 bits per heavy atom. The quantitative estimate of drug-likeness (QED) is 0.739. The van der Waals surface area contributed by atoms with Crippen LogP contribution in [0.2, 0.25) is 0 Å². The Kier molecular flexibility index (Phi) is 3.80. The SMILES string of the molecule is CCCC1(CNC(=O)C2C3C=CC(C3)C2C(=O)O)CCC1. The third-order valence-corrected chi connectivity index (χ3v) is 5.88. The van der Waals surface area contributed by atoms with E-state index in [0.29, 0.717) is 0 Å². The number of fused-ring (bicyclic) bond motifs is 2. The second-order valence-electron chi connectivity index (χ2n) is 7.16. The number of nitrogens with one attached hydrogen (secondary N) is 1. The van der Waals surface area contributed by atoms with Gasteiger partial charge in [-0.2, -0.15) is 0 Å². The summed E-state index contributed by atoms with van der Waals surface area (Å²) in [5, 5.41) is 12.5. The Bertz CT molecular complexity index is 467. The van der Waals surface area contributed by atoms with Gasteiger partial charge in [0.2, 0.25) is 5.91 Å². The van der Waals surface area contributed by atoms with Crippen molar-refractivity contribution in [3.8, 4) is 0 Å². The smallest absolute Gasteiger partial charge is 0.307 e. The number of rotatable bonds is 6. The molecular weight excluding hydrogens is 266 g/mol. The molecule has 0 saturated heterocycles. The van der Waals surface area contributed by atoms with Crippen LogP contribution in [0, 0.1) is 29.1 Å². The molecular formula is C17H25NO3. The topological polar surface area (TPSA) is 66.4 Å². The van der Waals surface area contributed by atoms with Crippen LogP contribution in [0.3, 0.4) is 0 Å². The predicted molar refractivity (Wildman–Crippen MR) is 79.6 cm³/mol. The maximum Gasteiger partial charge on any atom is 0.307 e. The number of aliphatic carboxylic acids is 1. The van der Waals surface area contributed by atoms with Gasteiger partial charge in [0, 0.05) is 6.54 Å². The number of carboxylic acids is 1. The van der Waals surface area contributed by atoms with Gasteiger partial charge in [0.15, 0.2) is 0 Å². The van der Waals surface area contributed by atoms with Crippen molar-refractivity contribution in [2.24, 2.45) is 29.1 Å². The van der Waals surface area contributed by atoms with Crippen LogP contribution >= 0.6 is 0 Å². The van der Waals surface area contributed by atoms with Crippen molar-refractivity contribution in [1.29, 1.82) is 0 Å². The Balaban J connectivity index is 1.62. The molecule has 4 unspecified atom stereocenters. The number of amides is 1. The van der Waals surface area contributed by atoms with Crippen LogP contribution in [-0.2, 0) is 9.59 Å². The van der Waals surface area contributed by atoms with Crippen LogP contribution in [-0.4, -0.2) is 23.5 Å². The van der Waals surface area contributed by atoms with E-state index in [-0.39, 0.29) is 29.1 Å². The summed E-state index contributed by atoms with van der Waals surface area (Å²) >= 11 is 0. The fourth-order valence-electron chi connectivity index (χ4n) is 4.63. The first kappa shape index (κ1) is 14.6. The second kappa shape index (κ2) is 5.47. The highest BCUT2D eigenvalue weighted by Gasteiger charge is 2.51. The highest BCUT2D eigenvalue weighted by Crippen LogP contribution is 2.49. The van der Waals surface area contributed by atoms with E-state index < -0.39 is 11.9 Å². The summed E-state index contributed by atoms with van der Waals surface area (Å²) in [6.45, 7) is 2.91. The summed E-state index contributed by atoms with van der Waals surface area (Å²) in [4.78, 5) is 24.0. The van der Waals surface area contributed by atoms with Gasteiger partial charge >= 0.3 is 5.97 Å². The third kappa shape index (κ3) is 2.49. The summed E-state index contributed by atoms with van der Waals surface area (Å²) in [6, 6.07) is 0. The number of carbonyl (C=O) groups excluding carboxylic acids is 1. The molecule has 0 radical (unpaired) electrons. The van der Waals surface area contributed by atoms with Gasteiger partial charge in [-0.25, -0.2) is 0 Å². The van der Waals surface area contributed by atoms with Crippen molar-refractivity contribution < 1.29 is 14.7 Å². The van der Waals surface area contributed by atoms with Crippen LogP contribution in [0.1, 0.15) is 45.4 Å². The molecule has 2 saturated carbocycles. The zero-order chi connectivity index (χ0) is 15.0. The molecule has 3 rings (SSSR count). The average Bonchev–Trinajstić information content (AvgIpc) is 3.01. The van der Waals surface area contributed by atoms with E-state index in [1.54, 1.807) is 0 Å². The maximum absolute atomic E-state index is 12.5. The predicted octanol–water partition coefficient (Wildman–Crippen LogP) is 2.60. The first-order valence-electron chi connectivity index (χ1n) is 8.25. The summed E-state index contributed by atoms with van der Waals surface area (Å²) in [5.74, 6) is -1.57. The molecule has 3 aliphatic carbocycles. The lowest BCUT2D eigenvalue weighted by Gasteiger charge is -2.42. The van der Waals surface area contributed by atoms with Gasteiger partial charge in [0.1, 0.15) is 0 Å². The van der Waals surface area contributed by atoms with Crippen molar-refractivity contribution >= 4 is 11.9 Å². The fraction of sp³-hybridized carbons (Fsp3) is 0.765. The molecule has 4 heteroatoms. The van der Waals surface area contributed by atoms with Crippen molar-refractivity contribution in [2.45, 2.75) is 45.4 Å². The Hall–Kier alpha value is -1.32. The van der Waals surface area contributed by atoms with E-state index in [4.69, 9.17) is 0 Å². The van der Waals surface area contributed by atoms with E-state index in [0.717, 1.165) is 25.8 Å². The molecule has 21 heavy (non-hydrogen) atoms. The largest absolute Gasteiger partial charge is 0.481 e. The number of carbonyl (C=O) groups is 2. The number of allylic oxidation sites excluding steroid dienone is 2. The van der Waals surface area contributed by atoms with Gasteiger partial charge in [-0.15, -0.1) is 0 Å². The van der Waals surface area contributed by atoms with Crippen molar-refractivity contribution in [1.82, 2.24) is 5.32 Å². The molecule has 0 aromatic rings. The summed E-state index contributed by atoms with van der Waals surface area (Å²) in [7, 11) is 0. The van der Waals surface area contributed by atoms with Crippen molar-refractivity contribution in [2.75, 3.05) is 6.54 Å². The lowest BCUT2D eigenvalue weighted by molar-refractivity contribution is -0.148. The highest BCUT2D eigenvalue weighted by molar-refractivity contribution is 5.86. The summed E-state index contributed by atoms with van der Waals surface area (Å²) in [6.07, 6.45) is 10.8. The van der Waals surface area contributed by atoms with E-state index in [1.165, 1.54) is 19.3 Å². The van der Waals surface area contributed by atoms with Gasteiger partial charge in [0.25, 0.3) is 0 Å². The summed E-state index contributed by atoms with van der Waals surface area (Å²) < 4.78 is 0. The monoisotopic (exact) mass is 291 g/mol. The van der Waals surface area contributed by atoms with Crippen molar-refractivity contribution in [3.63, 3.8) is 0 Å². The summed E-state index contributed by atoms with van der Waals surface area (Å²) in [5.41, 5.74) is 0.288. The minimum atomic E-state index is -0.820. The van der Waals surface area contributed by atoms with Crippen LogP contribution in [0.15, 0.2) is 12.2 Å². The van der Waals surface area contributed by atoms with Gasteiger partial charge in [-0.1, -0.05) is 31.9 Å². The third-order valence-electron chi connectivity index (χ3n) is 5.88. The molecule has 4 nitrogen and oxygen atoms in total. The molecule has 2 fully saturated rings. The Labute approximate surface area is 126 Å². The van der Waals surface area contributed by atoms with Gasteiger partial charge in [-0.05, 0) is 42.9 Å². The molecule has 0 aromatic carbocycles. The molecule has 2 bridgehead atoms. The zero-order valence-electron chi connectivity index (χ0n) is 12.7. The maximum atomic E-state index is 12.5. The van der Waals surface area contributed by atoms with Gasteiger partial charge in [-0.3, -0.25) is 9.59 Å². The highest BCUT2D eigenvalue weighted by atomic mass is 16.4. The average molecular weight is 291 g/mol.